The summed E-state index contributed by atoms with van der Waals surface area (Å²) in [6.45, 7) is 1.82. The number of nitrogens with zero attached hydrogens (tertiary/aromatic N) is 1. The van der Waals surface area contributed by atoms with Crippen molar-refractivity contribution in [2.45, 2.75) is 12.5 Å². The first-order valence-electron chi connectivity index (χ1n) is 8.98. The van der Waals surface area contributed by atoms with Crippen LogP contribution in [-0.2, 0) is 0 Å². The molecule has 1 aliphatic rings. The molecule has 4 N–H and O–H groups in total. The number of benzene rings is 2. The van der Waals surface area contributed by atoms with Gasteiger partial charge in [0.1, 0.15) is 10.4 Å². The molecule has 0 radical (unpaired) electrons. The number of nitrogens with two attached hydrogens (primary N) is 1. The molecule has 0 bridgehead atoms. The van der Waals surface area contributed by atoms with Gasteiger partial charge in [0.15, 0.2) is 0 Å². The van der Waals surface area contributed by atoms with E-state index in [-0.39, 0.29) is 17.4 Å². The zero-order valence-electron chi connectivity index (χ0n) is 14.6. The number of phenolic OH excluding ortho intramolecular Hbond substituents is 1. The van der Waals surface area contributed by atoms with Crippen LogP contribution in [0.25, 0.3) is 31.4 Å². The monoisotopic (exact) mass is 377 g/mol. The third kappa shape index (κ3) is 2.78. The summed E-state index contributed by atoms with van der Waals surface area (Å²) < 4.78 is 0.723. The highest BCUT2D eigenvalue weighted by molar-refractivity contribution is 7.22. The van der Waals surface area contributed by atoms with Crippen molar-refractivity contribution in [1.29, 1.82) is 0 Å². The minimum Gasteiger partial charge on any atom is -0.508 e. The minimum absolute atomic E-state index is 0.0662. The van der Waals surface area contributed by atoms with Crippen LogP contribution in [0.15, 0.2) is 53.3 Å². The van der Waals surface area contributed by atoms with Crippen molar-refractivity contribution in [2.24, 2.45) is 5.73 Å². The number of hydrogen-bond donors (Lipinski definition) is 3. The maximum absolute atomic E-state index is 12.6. The number of aromatic nitrogens is 1. The Bertz CT molecular complexity index is 1210. The lowest BCUT2D eigenvalue weighted by molar-refractivity contribution is 0.475. The first-order valence-corrected chi connectivity index (χ1v) is 9.80. The second-order valence-corrected chi connectivity index (χ2v) is 8.13. The van der Waals surface area contributed by atoms with Crippen molar-refractivity contribution in [2.75, 3.05) is 18.0 Å². The SMILES string of the molecule is N[C@H]1CCN(c2ccc3[nH]c(=O)c4sc(-c5ccc(O)cc5)cc4c3c2)C1. The van der Waals surface area contributed by atoms with Gasteiger partial charge < -0.3 is 20.7 Å². The van der Waals surface area contributed by atoms with Crippen LogP contribution in [0.4, 0.5) is 5.69 Å². The highest BCUT2D eigenvalue weighted by atomic mass is 32.1. The molecule has 0 amide bonds. The maximum Gasteiger partial charge on any atom is 0.266 e. The summed E-state index contributed by atoms with van der Waals surface area (Å²) in [6.07, 6.45) is 1.00. The average Bonchev–Trinajstić information content (AvgIpc) is 3.29. The minimum atomic E-state index is -0.0662. The quantitative estimate of drug-likeness (QED) is 0.498. The highest BCUT2D eigenvalue weighted by Gasteiger charge is 2.20. The van der Waals surface area contributed by atoms with Gasteiger partial charge in [-0.2, -0.15) is 0 Å². The Morgan fingerprint density at radius 3 is 2.67 bits per heavy atom. The van der Waals surface area contributed by atoms with Gasteiger partial charge in [-0.3, -0.25) is 4.79 Å². The van der Waals surface area contributed by atoms with E-state index in [1.54, 1.807) is 12.1 Å². The number of phenols is 1. The second-order valence-electron chi connectivity index (χ2n) is 7.08. The van der Waals surface area contributed by atoms with Crippen molar-refractivity contribution in [3.05, 3.63) is 58.9 Å². The van der Waals surface area contributed by atoms with Gasteiger partial charge in [0.2, 0.25) is 0 Å². The summed E-state index contributed by atoms with van der Waals surface area (Å²) >= 11 is 1.48. The maximum atomic E-state index is 12.6. The number of thiophene rings is 1. The first kappa shape index (κ1) is 16.4. The fourth-order valence-electron chi connectivity index (χ4n) is 3.79. The number of rotatable bonds is 2. The van der Waals surface area contributed by atoms with Gasteiger partial charge in [0.25, 0.3) is 5.56 Å². The van der Waals surface area contributed by atoms with Crippen molar-refractivity contribution >= 4 is 38.0 Å². The van der Waals surface area contributed by atoms with E-state index in [1.807, 2.05) is 18.2 Å². The van der Waals surface area contributed by atoms with E-state index in [0.717, 1.165) is 56.6 Å². The molecule has 0 unspecified atom stereocenters. The predicted octanol–water partition coefficient (Wildman–Crippen LogP) is 3.65. The van der Waals surface area contributed by atoms with E-state index in [9.17, 15) is 9.90 Å². The van der Waals surface area contributed by atoms with Crippen molar-refractivity contribution in [1.82, 2.24) is 4.98 Å². The molecule has 0 aliphatic carbocycles. The normalized spacial score (nSPS) is 17.2. The molecule has 2 aromatic carbocycles. The van der Waals surface area contributed by atoms with Gasteiger partial charge in [0.05, 0.1) is 0 Å². The summed E-state index contributed by atoms with van der Waals surface area (Å²) in [4.78, 5) is 18.9. The molecule has 1 saturated heterocycles. The summed E-state index contributed by atoms with van der Waals surface area (Å²) in [7, 11) is 0. The topological polar surface area (TPSA) is 82.3 Å². The van der Waals surface area contributed by atoms with E-state index in [2.05, 4.69) is 28.1 Å². The molecular formula is C21H19N3O2S. The lowest BCUT2D eigenvalue weighted by atomic mass is 10.1. The Hall–Kier alpha value is -2.83. The van der Waals surface area contributed by atoms with Gasteiger partial charge in [0, 0.05) is 46.0 Å². The zero-order valence-corrected chi connectivity index (χ0v) is 15.4. The molecule has 0 saturated carbocycles. The highest BCUT2D eigenvalue weighted by Crippen LogP contribution is 2.36. The summed E-state index contributed by atoms with van der Waals surface area (Å²) in [6, 6.07) is 15.5. The van der Waals surface area contributed by atoms with Crippen LogP contribution in [0, 0.1) is 0 Å². The first-order chi connectivity index (χ1) is 13.1. The van der Waals surface area contributed by atoms with Crippen molar-refractivity contribution < 1.29 is 5.11 Å². The smallest absolute Gasteiger partial charge is 0.266 e. The van der Waals surface area contributed by atoms with Crippen LogP contribution in [0.2, 0.25) is 0 Å². The number of nitrogens with one attached hydrogen (secondary N) is 1. The van der Waals surface area contributed by atoms with Crippen LogP contribution in [0.3, 0.4) is 0 Å². The average molecular weight is 377 g/mol. The standard InChI is InChI=1S/C21H19N3O2S/c22-13-7-8-24(11-13)14-3-6-18-16(9-14)17-10-19(27-20(17)21(26)23-18)12-1-4-15(25)5-2-12/h1-6,9-10,13,25H,7-8,11,22H2,(H,23,26)/t13-/m0/s1. The Labute approximate surface area is 159 Å². The third-order valence-corrected chi connectivity index (χ3v) is 6.40. The molecule has 136 valence electrons. The lowest BCUT2D eigenvalue weighted by Gasteiger charge is -2.18. The van der Waals surface area contributed by atoms with Crippen LogP contribution in [0.1, 0.15) is 6.42 Å². The molecular weight excluding hydrogens is 358 g/mol. The Morgan fingerprint density at radius 1 is 1.11 bits per heavy atom. The van der Waals surface area contributed by atoms with Crippen molar-refractivity contribution in [3.63, 3.8) is 0 Å². The van der Waals surface area contributed by atoms with Crippen LogP contribution in [-0.4, -0.2) is 29.2 Å². The van der Waals surface area contributed by atoms with Crippen LogP contribution >= 0.6 is 11.3 Å². The van der Waals surface area contributed by atoms with E-state index in [4.69, 9.17) is 5.73 Å². The van der Waals surface area contributed by atoms with Gasteiger partial charge >= 0.3 is 0 Å². The number of pyridine rings is 1. The number of aromatic hydroxyl groups is 1. The van der Waals surface area contributed by atoms with Crippen LogP contribution < -0.4 is 16.2 Å². The van der Waals surface area contributed by atoms with Gasteiger partial charge in [-0.25, -0.2) is 0 Å². The van der Waals surface area contributed by atoms with Gasteiger partial charge in [-0.15, -0.1) is 11.3 Å². The predicted molar refractivity (Wildman–Crippen MR) is 112 cm³/mol. The second kappa shape index (κ2) is 6.11. The molecule has 3 heterocycles. The molecule has 5 rings (SSSR count). The molecule has 1 aliphatic heterocycles. The molecule has 4 aromatic rings. The largest absolute Gasteiger partial charge is 0.508 e. The van der Waals surface area contributed by atoms with E-state index in [1.165, 1.54) is 11.3 Å². The molecule has 5 nitrogen and oxygen atoms in total. The van der Waals surface area contributed by atoms with Gasteiger partial charge in [-0.1, -0.05) is 0 Å². The number of H-pyrrole nitrogens is 1. The molecule has 2 aromatic heterocycles. The fraction of sp³-hybridized carbons (Fsp3) is 0.190. The molecule has 1 atom stereocenters. The number of hydrogen-bond acceptors (Lipinski definition) is 5. The zero-order chi connectivity index (χ0) is 18.5. The van der Waals surface area contributed by atoms with E-state index < -0.39 is 0 Å². The summed E-state index contributed by atoms with van der Waals surface area (Å²) in [5.74, 6) is 0.233. The fourth-order valence-corrected chi connectivity index (χ4v) is 4.86. The lowest BCUT2D eigenvalue weighted by Crippen LogP contribution is -2.26. The van der Waals surface area contributed by atoms with Gasteiger partial charge in [-0.05, 0) is 60.5 Å². The molecule has 6 heteroatoms. The Balaban J connectivity index is 1.69. The third-order valence-electron chi connectivity index (χ3n) is 5.22. The summed E-state index contributed by atoms with van der Waals surface area (Å²) in [5.41, 5.74) is 8.96. The van der Waals surface area contributed by atoms with Crippen molar-refractivity contribution in [3.8, 4) is 16.2 Å². The van der Waals surface area contributed by atoms with E-state index >= 15 is 0 Å². The van der Waals surface area contributed by atoms with E-state index in [0.29, 0.717) is 0 Å². The molecule has 0 spiro atoms. The molecule has 1 fully saturated rings. The van der Waals surface area contributed by atoms with Crippen LogP contribution in [0.5, 0.6) is 5.75 Å². The summed E-state index contributed by atoms with van der Waals surface area (Å²) in [5, 5.41) is 11.5. The number of fused-ring (bicyclic) bond motifs is 3. The Morgan fingerprint density at radius 2 is 1.93 bits per heavy atom. The number of anilines is 1. The Kier molecular flexibility index (Phi) is 3.70. The number of aromatic amines is 1. The molecule has 27 heavy (non-hydrogen) atoms.